The fraction of sp³-hybridized carbons (Fsp3) is 0.333. The highest BCUT2D eigenvalue weighted by Gasteiger charge is 2.07. The third-order valence-electron chi connectivity index (χ3n) is 2.25. The lowest BCUT2D eigenvalue weighted by molar-refractivity contribution is 0.320. The SMILES string of the molecule is CC(C)C(=Cc1c(F)cccc1Cl)CO. The average molecular weight is 229 g/mol. The quantitative estimate of drug-likeness (QED) is 0.840. The molecule has 0 bridgehead atoms. The zero-order chi connectivity index (χ0) is 11.4. The summed E-state index contributed by atoms with van der Waals surface area (Å²) in [5, 5.41) is 9.47. The minimum absolute atomic E-state index is 0.0810. The number of aliphatic hydroxyl groups excluding tert-OH is 1. The van der Waals surface area contributed by atoms with Gasteiger partial charge in [0, 0.05) is 5.56 Å². The molecule has 0 amide bonds. The third-order valence-corrected chi connectivity index (χ3v) is 2.58. The van der Waals surface area contributed by atoms with Gasteiger partial charge in [0.25, 0.3) is 0 Å². The lowest BCUT2D eigenvalue weighted by Gasteiger charge is -2.09. The second kappa shape index (κ2) is 5.29. The van der Waals surface area contributed by atoms with E-state index >= 15 is 0 Å². The molecule has 0 aromatic heterocycles. The van der Waals surface area contributed by atoms with Crippen molar-refractivity contribution >= 4 is 17.7 Å². The van der Waals surface area contributed by atoms with Gasteiger partial charge in [-0.25, -0.2) is 4.39 Å². The summed E-state index contributed by atoms with van der Waals surface area (Å²) in [7, 11) is 0. The van der Waals surface area contributed by atoms with E-state index in [0.717, 1.165) is 5.57 Å². The molecule has 0 aliphatic heterocycles. The van der Waals surface area contributed by atoms with E-state index in [1.165, 1.54) is 6.07 Å². The van der Waals surface area contributed by atoms with Crippen LogP contribution in [0.25, 0.3) is 6.08 Å². The second-order valence-electron chi connectivity index (χ2n) is 3.67. The van der Waals surface area contributed by atoms with Crippen molar-refractivity contribution < 1.29 is 9.50 Å². The van der Waals surface area contributed by atoms with Crippen molar-refractivity contribution in [2.75, 3.05) is 6.61 Å². The van der Waals surface area contributed by atoms with Crippen LogP contribution in [0.1, 0.15) is 19.4 Å². The van der Waals surface area contributed by atoms with Gasteiger partial charge >= 0.3 is 0 Å². The molecule has 1 rings (SSSR count). The number of aliphatic hydroxyl groups is 1. The Morgan fingerprint density at radius 2 is 2.20 bits per heavy atom. The number of hydrogen-bond acceptors (Lipinski definition) is 1. The number of hydrogen-bond donors (Lipinski definition) is 1. The van der Waals surface area contributed by atoms with Crippen LogP contribution in [0.2, 0.25) is 5.02 Å². The Labute approximate surface area is 94.2 Å². The molecule has 82 valence electrons. The minimum Gasteiger partial charge on any atom is -0.392 e. The Balaban J connectivity index is 3.16. The predicted molar refractivity (Wildman–Crippen MR) is 61.3 cm³/mol. The maximum atomic E-state index is 13.4. The summed E-state index contributed by atoms with van der Waals surface area (Å²) in [5.74, 6) is -0.195. The summed E-state index contributed by atoms with van der Waals surface area (Å²) in [4.78, 5) is 0. The van der Waals surface area contributed by atoms with Crippen LogP contribution in [0.15, 0.2) is 23.8 Å². The fourth-order valence-corrected chi connectivity index (χ4v) is 1.45. The summed E-state index contributed by atoms with van der Waals surface area (Å²) in [6.45, 7) is 3.80. The lowest BCUT2D eigenvalue weighted by Crippen LogP contribution is -1.99. The van der Waals surface area contributed by atoms with E-state index in [1.54, 1.807) is 18.2 Å². The molecule has 1 N–H and O–H groups in total. The van der Waals surface area contributed by atoms with Crippen LogP contribution in [0.3, 0.4) is 0 Å². The standard InChI is InChI=1S/C12H14ClFO/c1-8(2)9(7-15)6-10-11(13)4-3-5-12(10)14/h3-6,8,15H,7H2,1-2H3. The monoisotopic (exact) mass is 228 g/mol. The summed E-state index contributed by atoms with van der Waals surface area (Å²) >= 11 is 5.87. The van der Waals surface area contributed by atoms with Crippen LogP contribution < -0.4 is 0 Å². The predicted octanol–water partition coefficient (Wildman–Crippen LogP) is 3.51. The van der Waals surface area contributed by atoms with E-state index in [2.05, 4.69) is 0 Å². The largest absolute Gasteiger partial charge is 0.392 e. The van der Waals surface area contributed by atoms with Crippen molar-refractivity contribution in [1.29, 1.82) is 0 Å². The van der Waals surface area contributed by atoms with Crippen LogP contribution in [0, 0.1) is 11.7 Å². The number of halogens is 2. The molecule has 15 heavy (non-hydrogen) atoms. The van der Waals surface area contributed by atoms with E-state index < -0.39 is 0 Å². The topological polar surface area (TPSA) is 20.2 Å². The Hall–Kier alpha value is -0.860. The van der Waals surface area contributed by atoms with Gasteiger partial charge in [-0.2, -0.15) is 0 Å². The average Bonchev–Trinajstić information content (AvgIpc) is 2.17. The normalized spacial score (nSPS) is 12.3. The van der Waals surface area contributed by atoms with Crippen LogP contribution in [-0.4, -0.2) is 11.7 Å². The van der Waals surface area contributed by atoms with Crippen molar-refractivity contribution in [3.63, 3.8) is 0 Å². The van der Waals surface area contributed by atoms with E-state index in [4.69, 9.17) is 16.7 Å². The van der Waals surface area contributed by atoms with Gasteiger partial charge < -0.3 is 5.11 Å². The Kier molecular flexibility index (Phi) is 4.30. The van der Waals surface area contributed by atoms with E-state index in [0.29, 0.717) is 10.6 Å². The smallest absolute Gasteiger partial charge is 0.131 e. The molecule has 3 heteroatoms. The van der Waals surface area contributed by atoms with Gasteiger partial charge in [-0.3, -0.25) is 0 Å². The van der Waals surface area contributed by atoms with Crippen LogP contribution in [0.4, 0.5) is 4.39 Å². The zero-order valence-corrected chi connectivity index (χ0v) is 9.55. The summed E-state index contributed by atoms with van der Waals surface area (Å²) in [6, 6.07) is 4.54. The van der Waals surface area contributed by atoms with Gasteiger partial charge in [-0.15, -0.1) is 0 Å². The van der Waals surface area contributed by atoms with E-state index in [-0.39, 0.29) is 18.3 Å². The van der Waals surface area contributed by atoms with Gasteiger partial charge in [-0.05, 0) is 29.7 Å². The number of benzene rings is 1. The van der Waals surface area contributed by atoms with Crippen molar-refractivity contribution in [3.05, 3.63) is 40.2 Å². The van der Waals surface area contributed by atoms with Crippen molar-refractivity contribution in [2.24, 2.45) is 5.92 Å². The molecular weight excluding hydrogens is 215 g/mol. The molecule has 1 aromatic carbocycles. The lowest BCUT2D eigenvalue weighted by atomic mass is 10.0. The zero-order valence-electron chi connectivity index (χ0n) is 8.80. The maximum absolute atomic E-state index is 13.4. The van der Waals surface area contributed by atoms with Crippen LogP contribution in [-0.2, 0) is 0 Å². The van der Waals surface area contributed by atoms with Crippen LogP contribution >= 0.6 is 11.6 Å². The van der Waals surface area contributed by atoms with Gasteiger partial charge in [-0.1, -0.05) is 31.5 Å². The molecule has 0 saturated heterocycles. The molecule has 0 radical (unpaired) electrons. The van der Waals surface area contributed by atoms with Gasteiger partial charge in [0.2, 0.25) is 0 Å². The molecular formula is C12H14ClFO. The highest BCUT2D eigenvalue weighted by molar-refractivity contribution is 6.32. The molecule has 1 aromatic rings. The molecule has 0 fully saturated rings. The first-order valence-electron chi connectivity index (χ1n) is 4.81. The van der Waals surface area contributed by atoms with E-state index in [9.17, 15) is 4.39 Å². The molecule has 0 aliphatic rings. The van der Waals surface area contributed by atoms with Gasteiger partial charge in [0.05, 0.1) is 11.6 Å². The first kappa shape index (κ1) is 12.2. The highest BCUT2D eigenvalue weighted by atomic mass is 35.5. The Morgan fingerprint density at radius 3 is 2.67 bits per heavy atom. The van der Waals surface area contributed by atoms with Crippen LogP contribution in [0.5, 0.6) is 0 Å². The molecule has 0 heterocycles. The summed E-state index contributed by atoms with van der Waals surface area (Å²) < 4.78 is 13.4. The molecule has 0 unspecified atom stereocenters. The molecule has 0 atom stereocenters. The van der Waals surface area contributed by atoms with Gasteiger partial charge in [0.1, 0.15) is 5.82 Å². The number of rotatable bonds is 3. The summed E-state index contributed by atoms with van der Waals surface area (Å²) in [6.07, 6.45) is 1.61. The molecule has 0 aliphatic carbocycles. The molecule has 1 nitrogen and oxygen atoms in total. The van der Waals surface area contributed by atoms with Gasteiger partial charge in [0.15, 0.2) is 0 Å². The first-order chi connectivity index (χ1) is 7.06. The van der Waals surface area contributed by atoms with Crippen molar-refractivity contribution in [1.82, 2.24) is 0 Å². The highest BCUT2D eigenvalue weighted by Crippen LogP contribution is 2.23. The molecule has 0 saturated carbocycles. The summed E-state index contributed by atoms with van der Waals surface area (Å²) in [5.41, 5.74) is 1.11. The van der Waals surface area contributed by atoms with Crippen molar-refractivity contribution in [3.8, 4) is 0 Å². The van der Waals surface area contributed by atoms with Crippen molar-refractivity contribution in [2.45, 2.75) is 13.8 Å². The maximum Gasteiger partial charge on any atom is 0.131 e. The second-order valence-corrected chi connectivity index (χ2v) is 4.07. The first-order valence-corrected chi connectivity index (χ1v) is 5.19. The third kappa shape index (κ3) is 3.05. The molecule has 0 spiro atoms. The fourth-order valence-electron chi connectivity index (χ4n) is 1.23. The van der Waals surface area contributed by atoms with E-state index in [1.807, 2.05) is 13.8 Å². The Morgan fingerprint density at radius 1 is 1.53 bits per heavy atom. The Bertz CT molecular complexity index is 352. The minimum atomic E-state index is -0.367.